The summed E-state index contributed by atoms with van der Waals surface area (Å²) in [7, 11) is 3.08. The van der Waals surface area contributed by atoms with E-state index in [0.29, 0.717) is 33.0 Å². The lowest BCUT2D eigenvalue weighted by Gasteiger charge is -2.09. The summed E-state index contributed by atoms with van der Waals surface area (Å²) in [5.74, 6) is 0.0710. The molecule has 1 N–H and O–H groups in total. The van der Waals surface area contributed by atoms with E-state index in [4.69, 9.17) is 14.2 Å². The number of nitrogens with zero attached hydrogens (tertiary/aromatic N) is 2. The Morgan fingerprint density at radius 1 is 1.06 bits per heavy atom. The van der Waals surface area contributed by atoms with Crippen LogP contribution in [0.2, 0.25) is 0 Å². The maximum atomic E-state index is 12.8. The number of carbonyl (C=O) groups is 2. The molecule has 180 valence electrons. The van der Waals surface area contributed by atoms with Crippen LogP contribution in [0.1, 0.15) is 16.6 Å². The molecule has 0 saturated heterocycles. The van der Waals surface area contributed by atoms with Gasteiger partial charge in [0.25, 0.3) is 5.56 Å². The molecule has 0 aliphatic carbocycles. The number of carbonyl (C=O) groups excluding carboxylic acids is 2. The summed E-state index contributed by atoms with van der Waals surface area (Å²) in [6, 6.07) is 14.0. The number of nitrogens with one attached hydrogen (secondary N) is 1. The maximum Gasteiger partial charge on any atom is 0.350 e. The van der Waals surface area contributed by atoms with Gasteiger partial charge in [-0.05, 0) is 48.9 Å². The highest BCUT2D eigenvalue weighted by Gasteiger charge is 2.21. The zero-order valence-corrected chi connectivity index (χ0v) is 20.2. The number of benzene rings is 2. The number of ether oxygens (including phenoxy) is 3. The highest BCUT2D eigenvalue weighted by molar-refractivity contribution is 7.18. The highest BCUT2D eigenvalue weighted by Crippen LogP contribution is 2.39. The summed E-state index contributed by atoms with van der Waals surface area (Å²) in [5, 5.41) is 3.16. The van der Waals surface area contributed by atoms with E-state index in [1.165, 1.54) is 29.3 Å². The molecule has 0 aliphatic heterocycles. The van der Waals surface area contributed by atoms with Gasteiger partial charge in [-0.15, -0.1) is 11.3 Å². The van der Waals surface area contributed by atoms with Crippen LogP contribution >= 0.6 is 11.3 Å². The monoisotopic (exact) mass is 493 g/mol. The van der Waals surface area contributed by atoms with Crippen LogP contribution in [0.5, 0.6) is 11.5 Å². The normalized spacial score (nSPS) is 10.7. The van der Waals surface area contributed by atoms with Crippen LogP contribution < -0.4 is 20.3 Å². The first-order valence-corrected chi connectivity index (χ1v) is 11.5. The lowest BCUT2D eigenvalue weighted by Crippen LogP contribution is -2.28. The summed E-state index contributed by atoms with van der Waals surface area (Å²) in [6.07, 6.45) is 1.33. The second-order valence-electron chi connectivity index (χ2n) is 7.39. The molecular formula is C25H23N3O6S. The summed E-state index contributed by atoms with van der Waals surface area (Å²) in [5.41, 5.74) is 1.29. The van der Waals surface area contributed by atoms with Crippen LogP contribution in [0.15, 0.2) is 59.7 Å². The predicted octanol–water partition coefficient (Wildman–Crippen LogP) is 3.96. The molecule has 0 fully saturated rings. The van der Waals surface area contributed by atoms with Crippen molar-refractivity contribution in [2.24, 2.45) is 0 Å². The van der Waals surface area contributed by atoms with E-state index in [1.54, 1.807) is 56.5 Å². The van der Waals surface area contributed by atoms with Crippen LogP contribution in [-0.2, 0) is 16.1 Å². The second-order valence-corrected chi connectivity index (χ2v) is 8.44. The third kappa shape index (κ3) is 5.02. The minimum Gasteiger partial charge on any atom is -0.493 e. The molecule has 35 heavy (non-hydrogen) atoms. The molecule has 2 aromatic heterocycles. The van der Waals surface area contributed by atoms with E-state index >= 15 is 0 Å². The first-order valence-electron chi connectivity index (χ1n) is 10.7. The molecular weight excluding hydrogens is 470 g/mol. The van der Waals surface area contributed by atoms with Crippen molar-refractivity contribution in [3.8, 4) is 21.9 Å². The number of methoxy groups -OCH3 is 2. The third-order valence-electron chi connectivity index (χ3n) is 5.18. The van der Waals surface area contributed by atoms with E-state index in [-0.39, 0.29) is 23.6 Å². The maximum absolute atomic E-state index is 12.8. The topological polar surface area (TPSA) is 109 Å². The number of aromatic nitrogens is 2. The van der Waals surface area contributed by atoms with Crippen LogP contribution in [0.3, 0.4) is 0 Å². The van der Waals surface area contributed by atoms with Gasteiger partial charge in [-0.25, -0.2) is 9.78 Å². The SMILES string of the molecule is CCOC(=O)c1sc(-c2ccc(OC)c(OC)c2)cc1NC(=O)Cn1cnc2ccccc2c1=O. The van der Waals surface area contributed by atoms with E-state index in [1.807, 2.05) is 6.07 Å². The van der Waals surface area contributed by atoms with Crippen molar-refractivity contribution in [2.75, 3.05) is 26.1 Å². The van der Waals surface area contributed by atoms with Crippen molar-refractivity contribution in [1.29, 1.82) is 0 Å². The number of anilines is 1. The molecule has 4 aromatic rings. The van der Waals surface area contributed by atoms with E-state index in [9.17, 15) is 14.4 Å². The van der Waals surface area contributed by atoms with Crippen molar-refractivity contribution in [2.45, 2.75) is 13.5 Å². The Labute approximate surface area is 204 Å². The van der Waals surface area contributed by atoms with Crippen molar-refractivity contribution >= 4 is 39.8 Å². The molecule has 9 nitrogen and oxygen atoms in total. The average molecular weight is 494 g/mol. The van der Waals surface area contributed by atoms with Crippen LogP contribution in [-0.4, -0.2) is 42.3 Å². The quantitative estimate of drug-likeness (QED) is 0.370. The Morgan fingerprint density at radius 3 is 2.57 bits per heavy atom. The van der Waals surface area contributed by atoms with Gasteiger partial charge >= 0.3 is 5.97 Å². The number of esters is 1. The van der Waals surface area contributed by atoms with Crippen LogP contribution in [0.4, 0.5) is 5.69 Å². The van der Waals surface area contributed by atoms with E-state index < -0.39 is 11.9 Å². The predicted molar refractivity (Wildman–Crippen MR) is 133 cm³/mol. The number of hydrogen-bond donors (Lipinski definition) is 1. The van der Waals surface area contributed by atoms with Crippen LogP contribution in [0, 0.1) is 0 Å². The van der Waals surface area contributed by atoms with Gasteiger partial charge in [-0.1, -0.05) is 12.1 Å². The molecule has 0 spiro atoms. The number of thiophene rings is 1. The average Bonchev–Trinajstić information content (AvgIpc) is 3.29. The fourth-order valence-corrected chi connectivity index (χ4v) is 4.53. The molecule has 4 rings (SSSR count). The standard InChI is InChI=1S/C25H23N3O6S/c1-4-34-25(31)23-18(12-21(35-23)15-9-10-19(32-2)20(11-15)33-3)27-22(29)13-28-14-26-17-8-6-5-7-16(17)24(28)30/h5-12,14H,4,13H2,1-3H3,(H,27,29). The minimum absolute atomic E-state index is 0.188. The fraction of sp³-hybridized carbons (Fsp3) is 0.200. The van der Waals surface area contributed by atoms with Crippen molar-refractivity contribution in [1.82, 2.24) is 9.55 Å². The second kappa shape index (κ2) is 10.4. The Balaban J connectivity index is 1.64. The Kier molecular flexibility index (Phi) is 7.11. The number of para-hydroxylation sites is 1. The molecule has 2 aromatic carbocycles. The van der Waals surface area contributed by atoms with Gasteiger partial charge in [0.2, 0.25) is 5.91 Å². The molecule has 0 bridgehead atoms. The minimum atomic E-state index is -0.552. The van der Waals surface area contributed by atoms with Gasteiger partial charge < -0.3 is 19.5 Å². The smallest absolute Gasteiger partial charge is 0.350 e. The Bertz CT molecular complexity index is 1460. The molecule has 0 atom stereocenters. The molecule has 0 unspecified atom stereocenters. The van der Waals surface area contributed by atoms with Gasteiger partial charge in [0.15, 0.2) is 11.5 Å². The number of fused-ring (bicyclic) bond motifs is 1. The molecule has 2 heterocycles. The molecule has 0 aliphatic rings. The zero-order valence-electron chi connectivity index (χ0n) is 19.4. The number of amides is 1. The first kappa shape index (κ1) is 24.0. The van der Waals surface area contributed by atoms with Crippen molar-refractivity contribution in [3.63, 3.8) is 0 Å². The van der Waals surface area contributed by atoms with Gasteiger partial charge in [0, 0.05) is 4.88 Å². The summed E-state index contributed by atoms with van der Waals surface area (Å²) >= 11 is 1.18. The third-order valence-corrected chi connectivity index (χ3v) is 6.34. The number of hydrogen-bond acceptors (Lipinski definition) is 8. The lowest BCUT2D eigenvalue weighted by atomic mass is 10.1. The first-order chi connectivity index (χ1) is 16.9. The lowest BCUT2D eigenvalue weighted by molar-refractivity contribution is -0.116. The van der Waals surface area contributed by atoms with E-state index in [0.717, 1.165) is 5.56 Å². The molecule has 1 amide bonds. The largest absolute Gasteiger partial charge is 0.493 e. The summed E-state index contributed by atoms with van der Waals surface area (Å²) in [4.78, 5) is 43.4. The van der Waals surface area contributed by atoms with E-state index in [2.05, 4.69) is 10.3 Å². The molecule has 10 heteroatoms. The number of rotatable bonds is 8. The molecule has 0 radical (unpaired) electrons. The van der Waals surface area contributed by atoms with Gasteiger partial charge in [-0.3, -0.25) is 14.2 Å². The van der Waals surface area contributed by atoms with Crippen LogP contribution in [0.25, 0.3) is 21.3 Å². The zero-order chi connectivity index (χ0) is 24.9. The highest BCUT2D eigenvalue weighted by atomic mass is 32.1. The van der Waals surface area contributed by atoms with Gasteiger partial charge in [0.1, 0.15) is 11.4 Å². The summed E-state index contributed by atoms with van der Waals surface area (Å²) < 4.78 is 17.1. The Hall–Kier alpha value is -4.18. The van der Waals surface area contributed by atoms with Crippen molar-refractivity contribution in [3.05, 3.63) is 70.1 Å². The van der Waals surface area contributed by atoms with Gasteiger partial charge in [0.05, 0.1) is 43.7 Å². The van der Waals surface area contributed by atoms with Crippen molar-refractivity contribution < 1.29 is 23.8 Å². The Morgan fingerprint density at radius 2 is 1.83 bits per heavy atom. The van der Waals surface area contributed by atoms with Gasteiger partial charge in [-0.2, -0.15) is 0 Å². The molecule has 0 saturated carbocycles. The fourth-order valence-electron chi connectivity index (χ4n) is 3.53. The summed E-state index contributed by atoms with van der Waals surface area (Å²) in [6.45, 7) is 1.63.